The molecule has 0 aromatic heterocycles. The molecule has 1 N–H and O–H groups in total. The number of carbonyl (C=O) groups is 1. The van der Waals surface area contributed by atoms with E-state index in [1.807, 2.05) is 25.1 Å². The van der Waals surface area contributed by atoms with Crippen LogP contribution in [0.25, 0.3) is 6.08 Å². The SMILES string of the molecule is C/C=C/c1cc(C(=O)NCc2ccc(CN3CCOCC3)cc2)cc(OC)c1OC. The van der Waals surface area contributed by atoms with Gasteiger partial charge in [-0.1, -0.05) is 36.4 Å². The van der Waals surface area contributed by atoms with Gasteiger partial charge in [0.2, 0.25) is 0 Å². The molecule has 1 heterocycles. The van der Waals surface area contributed by atoms with E-state index in [-0.39, 0.29) is 5.91 Å². The fourth-order valence-corrected chi connectivity index (χ4v) is 3.49. The fourth-order valence-electron chi connectivity index (χ4n) is 3.49. The van der Waals surface area contributed by atoms with Gasteiger partial charge < -0.3 is 19.5 Å². The number of amides is 1. The molecule has 0 unspecified atom stereocenters. The van der Waals surface area contributed by atoms with Crippen molar-refractivity contribution in [3.05, 3.63) is 64.7 Å². The minimum Gasteiger partial charge on any atom is -0.493 e. The van der Waals surface area contributed by atoms with Gasteiger partial charge in [-0.3, -0.25) is 9.69 Å². The minimum absolute atomic E-state index is 0.154. The molecule has 3 rings (SSSR count). The summed E-state index contributed by atoms with van der Waals surface area (Å²) < 4.78 is 16.2. The summed E-state index contributed by atoms with van der Waals surface area (Å²) in [5.41, 5.74) is 3.66. The normalized spacial score (nSPS) is 14.6. The Labute approximate surface area is 178 Å². The van der Waals surface area contributed by atoms with Crippen LogP contribution in [0.5, 0.6) is 11.5 Å². The Morgan fingerprint density at radius 1 is 1.10 bits per heavy atom. The Morgan fingerprint density at radius 2 is 1.80 bits per heavy atom. The zero-order valence-corrected chi connectivity index (χ0v) is 17.9. The van der Waals surface area contributed by atoms with Crippen molar-refractivity contribution in [3.63, 3.8) is 0 Å². The third-order valence-electron chi connectivity index (χ3n) is 5.10. The van der Waals surface area contributed by atoms with Crippen LogP contribution >= 0.6 is 0 Å². The van der Waals surface area contributed by atoms with Crippen LogP contribution in [-0.4, -0.2) is 51.3 Å². The summed E-state index contributed by atoms with van der Waals surface area (Å²) >= 11 is 0. The number of benzene rings is 2. The average Bonchev–Trinajstić information content (AvgIpc) is 2.78. The summed E-state index contributed by atoms with van der Waals surface area (Å²) in [6, 6.07) is 11.9. The molecular weight excluding hydrogens is 380 g/mol. The fraction of sp³-hybridized carbons (Fsp3) is 0.375. The number of rotatable bonds is 8. The number of hydrogen-bond donors (Lipinski definition) is 1. The highest BCUT2D eigenvalue weighted by Crippen LogP contribution is 2.33. The van der Waals surface area contributed by atoms with Gasteiger partial charge in [0.1, 0.15) is 0 Å². The molecule has 1 aliphatic rings. The van der Waals surface area contributed by atoms with E-state index in [0.717, 1.165) is 44.0 Å². The number of nitrogens with zero attached hydrogens (tertiary/aromatic N) is 1. The maximum Gasteiger partial charge on any atom is 0.251 e. The zero-order chi connectivity index (χ0) is 21.3. The second-order valence-electron chi connectivity index (χ2n) is 7.19. The van der Waals surface area contributed by atoms with E-state index in [1.165, 1.54) is 5.56 Å². The second kappa shape index (κ2) is 10.8. The Hall–Kier alpha value is -2.83. The molecule has 160 valence electrons. The van der Waals surface area contributed by atoms with Crippen molar-refractivity contribution in [1.29, 1.82) is 0 Å². The van der Waals surface area contributed by atoms with E-state index in [9.17, 15) is 4.79 Å². The minimum atomic E-state index is -0.154. The molecule has 6 nitrogen and oxygen atoms in total. The van der Waals surface area contributed by atoms with Crippen LogP contribution in [0.4, 0.5) is 0 Å². The number of hydrogen-bond acceptors (Lipinski definition) is 5. The van der Waals surface area contributed by atoms with Crippen LogP contribution in [-0.2, 0) is 17.8 Å². The molecule has 0 atom stereocenters. The molecular formula is C24H30N2O4. The van der Waals surface area contributed by atoms with E-state index in [4.69, 9.17) is 14.2 Å². The molecule has 1 saturated heterocycles. The highest BCUT2D eigenvalue weighted by Gasteiger charge is 2.15. The molecule has 1 aliphatic heterocycles. The quantitative estimate of drug-likeness (QED) is 0.722. The molecule has 0 aliphatic carbocycles. The molecule has 1 fully saturated rings. The Morgan fingerprint density at radius 3 is 2.43 bits per heavy atom. The maximum atomic E-state index is 12.7. The molecule has 0 spiro atoms. The molecule has 30 heavy (non-hydrogen) atoms. The average molecular weight is 411 g/mol. The van der Waals surface area contributed by atoms with Gasteiger partial charge in [0.05, 0.1) is 27.4 Å². The summed E-state index contributed by atoms with van der Waals surface area (Å²) in [4.78, 5) is 15.1. The number of carbonyl (C=O) groups excluding carboxylic acids is 1. The first-order valence-corrected chi connectivity index (χ1v) is 10.2. The van der Waals surface area contributed by atoms with Gasteiger partial charge in [-0.2, -0.15) is 0 Å². The third kappa shape index (κ3) is 5.62. The first-order valence-electron chi connectivity index (χ1n) is 10.2. The number of nitrogens with one attached hydrogen (secondary N) is 1. The molecule has 0 radical (unpaired) electrons. The third-order valence-corrected chi connectivity index (χ3v) is 5.10. The van der Waals surface area contributed by atoms with E-state index < -0.39 is 0 Å². The van der Waals surface area contributed by atoms with Crippen molar-refractivity contribution < 1.29 is 19.0 Å². The van der Waals surface area contributed by atoms with Crippen LogP contribution in [0.15, 0.2) is 42.5 Å². The van der Waals surface area contributed by atoms with Crippen molar-refractivity contribution in [1.82, 2.24) is 10.2 Å². The Balaban J connectivity index is 1.63. The summed E-state index contributed by atoms with van der Waals surface area (Å²) in [5.74, 6) is 0.993. The monoisotopic (exact) mass is 410 g/mol. The lowest BCUT2D eigenvalue weighted by molar-refractivity contribution is 0.0342. The number of allylic oxidation sites excluding steroid dienone is 1. The molecule has 6 heteroatoms. The largest absolute Gasteiger partial charge is 0.493 e. The highest BCUT2D eigenvalue weighted by molar-refractivity contribution is 5.95. The van der Waals surface area contributed by atoms with Gasteiger partial charge >= 0.3 is 0 Å². The lowest BCUT2D eigenvalue weighted by Crippen LogP contribution is -2.35. The maximum absolute atomic E-state index is 12.7. The Bertz CT molecular complexity index is 872. The van der Waals surface area contributed by atoms with E-state index in [2.05, 4.69) is 34.5 Å². The molecule has 1 amide bonds. The van der Waals surface area contributed by atoms with Crippen LogP contribution < -0.4 is 14.8 Å². The molecule has 2 aromatic rings. The van der Waals surface area contributed by atoms with Gasteiger partial charge in [0.15, 0.2) is 11.5 Å². The zero-order valence-electron chi connectivity index (χ0n) is 17.9. The lowest BCUT2D eigenvalue weighted by Gasteiger charge is -2.26. The molecule has 0 saturated carbocycles. The van der Waals surface area contributed by atoms with Gasteiger partial charge in [-0.25, -0.2) is 0 Å². The lowest BCUT2D eigenvalue weighted by atomic mass is 10.1. The highest BCUT2D eigenvalue weighted by atomic mass is 16.5. The van der Waals surface area contributed by atoms with Crippen LogP contribution in [0.3, 0.4) is 0 Å². The smallest absolute Gasteiger partial charge is 0.251 e. The van der Waals surface area contributed by atoms with Crippen LogP contribution in [0, 0.1) is 0 Å². The van der Waals surface area contributed by atoms with Gasteiger partial charge in [0, 0.05) is 37.3 Å². The van der Waals surface area contributed by atoms with Crippen molar-refractivity contribution >= 4 is 12.0 Å². The van der Waals surface area contributed by atoms with Crippen molar-refractivity contribution in [3.8, 4) is 11.5 Å². The van der Waals surface area contributed by atoms with Gasteiger partial charge in [0.25, 0.3) is 5.91 Å². The molecule has 2 aromatic carbocycles. The summed E-state index contributed by atoms with van der Waals surface area (Å²) in [5, 5.41) is 2.99. The Kier molecular flexibility index (Phi) is 7.88. The summed E-state index contributed by atoms with van der Waals surface area (Å²) in [7, 11) is 3.16. The van der Waals surface area contributed by atoms with Gasteiger partial charge in [-0.05, 0) is 30.2 Å². The van der Waals surface area contributed by atoms with Crippen molar-refractivity contribution in [2.75, 3.05) is 40.5 Å². The number of ether oxygens (including phenoxy) is 3. The van der Waals surface area contributed by atoms with E-state index >= 15 is 0 Å². The van der Waals surface area contributed by atoms with Crippen molar-refractivity contribution in [2.45, 2.75) is 20.0 Å². The van der Waals surface area contributed by atoms with Crippen LogP contribution in [0.1, 0.15) is 34.0 Å². The van der Waals surface area contributed by atoms with Crippen molar-refractivity contribution in [2.24, 2.45) is 0 Å². The van der Waals surface area contributed by atoms with Gasteiger partial charge in [-0.15, -0.1) is 0 Å². The number of methoxy groups -OCH3 is 2. The number of morpholine rings is 1. The standard InChI is InChI=1S/C24H30N2O4/c1-4-5-20-14-21(15-22(28-2)23(20)29-3)24(27)25-16-18-6-8-19(9-7-18)17-26-10-12-30-13-11-26/h4-9,14-15H,10-13,16-17H2,1-3H3,(H,25,27)/b5-4+. The summed E-state index contributed by atoms with van der Waals surface area (Å²) in [6.45, 7) is 6.85. The topological polar surface area (TPSA) is 60.0 Å². The predicted molar refractivity (Wildman–Crippen MR) is 118 cm³/mol. The first kappa shape index (κ1) is 21.9. The first-order chi connectivity index (χ1) is 14.6. The van der Waals surface area contributed by atoms with E-state index in [1.54, 1.807) is 20.3 Å². The predicted octanol–water partition coefficient (Wildman–Crippen LogP) is 3.50. The van der Waals surface area contributed by atoms with Crippen LogP contribution in [0.2, 0.25) is 0 Å². The van der Waals surface area contributed by atoms with E-state index in [0.29, 0.717) is 23.6 Å². The molecule has 0 bridgehead atoms. The second-order valence-corrected chi connectivity index (χ2v) is 7.19. The summed E-state index contributed by atoms with van der Waals surface area (Å²) in [6.07, 6.45) is 3.79.